The number of carbonyl (C=O) groups is 4. The van der Waals surface area contributed by atoms with Crippen molar-refractivity contribution in [3.8, 4) is 0 Å². The van der Waals surface area contributed by atoms with Gasteiger partial charge in [-0.3, -0.25) is 19.3 Å². The number of imide groups is 2. The van der Waals surface area contributed by atoms with E-state index in [0.717, 1.165) is 0 Å². The van der Waals surface area contributed by atoms with Crippen LogP contribution in [0.4, 0.5) is 9.18 Å². The zero-order chi connectivity index (χ0) is 17.0. The number of rotatable bonds is 6. The molecule has 23 heavy (non-hydrogen) atoms. The molecule has 2 rings (SSSR count). The summed E-state index contributed by atoms with van der Waals surface area (Å²) in [5.74, 6) is -3.23. The van der Waals surface area contributed by atoms with E-state index in [2.05, 4.69) is 11.9 Å². The Labute approximate surface area is 131 Å². The molecule has 1 aromatic carbocycles. The van der Waals surface area contributed by atoms with Gasteiger partial charge in [0.2, 0.25) is 5.91 Å². The van der Waals surface area contributed by atoms with Crippen molar-refractivity contribution in [2.24, 2.45) is 0 Å². The second-order valence-electron chi connectivity index (χ2n) is 4.75. The highest BCUT2D eigenvalue weighted by molar-refractivity contribution is 6.45. The molecule has 0 radical (unpaired) electrons. The SMILES string of the molecule is C=CCN1C(=O)C(=O)N(CC(=O)NCc2ccccc2F)C1=O. The summed E-state index contributed by atoms with van der Waals surface area (Å²) in [6.45, 7) is 2.57. The fourth-order valence-electron chi connectivity index (χ4n) is 2.01. The molecule has 1 aromatic rings. The number of carbonyl (C=O) groups excluding carboxylic acids is 4. The van der Waals surface area contributed by atoms with E-state index in [0.29, 0.717) is 9.80 Å². The van der Waals surface area contributed by atoms with Crippen LogP contribution >= 0.6 is 0 Å². The molecule has 1 aliphatic heterocycles. The highest BCUT2D eigenvalue weighted by atomic mass is 19.1. The molecule has 1 N–H and O–H groups in total. The summed E-state index contributed by atoms with van der Waals surface area (Å²) in [6, 6.07) is 5.00. The summed E-state index contributed by atoms with van der Waals surface area (Å²) in [5.41, 5.74) is 0.268. The van der Waals surface area contributed by atoms with Crippen LogP contribution in [0.5, 0.6) is 0 Å². The Hall–Kier alpha value is -3.03. The van der Waals surface area contributed by atoms with Crippen molar-refractivity contribution >= 4 is 23.8 Å². The maximum atomic E-state index is 13.4. The molecule has 0 atom stereocenters. The molecule has 120 valence electrons. The van der Waals surface area contributed by atoms with Crippen LogP contribution in [-0.4, -0.2) is 46.6 Å². The van der Waals surface area contributed by atoms with Gasteiger partial charge in [0.1, 0.15) is 12.4 Å². The standard InChI is InChI=1S/C15H14FN3O4/c1-2-7-18-13(21)14(22)19(15(18)23)9-12(20)17-8-10-5-3-4-6-11(10)16/h2-6H,1,7-9H2,(H,17,20). The van der Waals surface area contributed by atoms with Gasteiger partial charge in [0.05, 0.1) is 0 Å². The molecule has 1 saturated heterocycles. The summed E-state index contributed by atoms with van der Waals surface area (Å²) < 4.78 is 13.4. The predicted molar refractivity (Wildman–Crippen MR) is 77.3 cm³/mol. The maximum Gasteiger partial charge on any atom is 0.335 e. The molecule has 0 unspecified atom stereocenters. The van der Waals surface area contributed by atoms with Gasteiger partial charge in [-0.1, -0.05) is 24.3 Å². The molecule has 0 aromatic heterocycles. The number of amides is 5. The summed E-state index contributed by atoms with van der Waals surface area (Å²) in [6.07, 6.45) is 1.30. The molecule has 1 aliphatic rings. The van der Waals surface area contributed by atoms with Crippen molar-refractivity contribution in [2.45, 2.75) is 6.54 Å². The van der Waals surface area contributed by atoms with Crippen LogP contribution in [-0.2, 0) is 20.9 Å². The van der Waals surface area contributed by atoms with E-state index in [4.69, 9.17) is 0 Å². The number of hydrogen-bond donors (Lipinski definition) is 1. The third-order valence-electron chi connectivity index (χ3n) is 3.18. The van der Waals surface area contributed by atoms with E-state index in [1.807, 2.05) is 0 Å². The van der Waals surface area contributed by atoms with E-state index in [-0.39, 0.29) is 18.7 Å². The van der Waals surface area contributed by atoms with Crippen molar-refractivity contribution in [2.75, 3.05) is 13.1 Å². The van der Waals surface area contributed by atoms with Crippen molar-refractivity contribution in [3.05, 3.63) is 48.3 Å². The highest BCUT2D eigenvalue weighted by Gasteiger charge is 2.44. The van der Waals surface area contributed by atoms with E-state index >= 15 is 0 Å². The molecular weight excluding hydrogens is 305 g/mol. The van der Waals surface area contributed by atoms with Gasteiger partial charge in [-0.25, -0.2) is 14.1 Å². The van der Waals surface area contributed by atoms with Crippen LogP contribution in [0, 0.1) is 5.82 Å². The molecule has 0 spiro atoms. The Balaban J connectivity index is 1.96. The molecule has 1 heterocycles. The number of urea groups is 1. The van der Waals surface area contributed by atoms with Gasteiger partial charge in [0.25, 0.3) is 0 Å². The second-order valence-corrected chi connectivity index (χ2v) is 4.75. The number of halogens is 1. The average molecular weight is 319 g/mol. The van der Waals surface area contributed by atoms with Crippen molar-refractivity contribution in [1.29, 1.82) is 0 Å². The minimum absolute atomic E-state index is 0.0912. The third kappa shape index (κ3) is 3.42. The zero-order valence-corrected chi connectivity index (χ0v) is 12.1. The Morgan fingerprint density at radius 1 is 1.17 bits per heavy atom. The lowest BCUT2D eigenvalue weighted by Gasteiger charge is -2.14. The van der Waals surface area contributed by atoms with Gasteiger partial charge < -0.3 is 5.32 Å². The Morgan fingerprint density at radius 2 is 1.83 bits per heavy atom. The van der Waals surface area contributed by atoms with Gasteiger partial charge in [0, 0.05) is 18.7 Å². The minimum Gasteiger partial charge on any atom is -0.350 e. The normalized spacial score (nSPS) is 14.4. The van der Waals surface area contributed by atoms with E-state index in [1.165, 1.54) is 24.3 Å². The van der Waals surface area contributed by atoms with Crippen molar-refractivity contribution < 1.29 is 23.6 Å². The molecular formula is C15H14FN3O4. The average Bonchev–Trinajstić information content (AvgIpc) is 2.72. The number of hydrogen-bond acceptors (Lipinski definition) is 4. The number of nitrogens with zero attached hydrogens (tertiary/aromatic N) is 2. The molecule has 1 fully saturated rings. The lowest BCUT2D eigenvalue weighted by Crippen LogP contribution is -2.41. The smallest absolute Gasteiger partial charge is 0.335 e. The van der Waals surface area contributed by atoms with Crippen molar-refractivity contribution in [3.63, 3.8) is 0 Å². The van der Waals surface area contributed by atoms with Gasteiger partial charge in [-0.05, 0) is 6.07 Å². The van der Waals surface area contributed by atoms with Crippen molar-refractivity contribution in [1.82, 2.24) is 15.1 Å². The maximum absolute atomic E-state index is 13.4. The first kappa shape index (κ1) is 16.3. The molecule has 0 saturated carbocycles. The Bertz CT molecular complexity index is 689. The Morgan fingerprint density at radius 3 is 2.48 bits per heavy atom. The largest absolute Gasteiger partial charge is 0.350 e. The quantitative estimate of drug-likeness (QED) is 0.468. The lowest BCUT2D eigenvalue weighted by molar-refractivity contribution is -0.143. The number of nitrogens with one attached hydrogen (secondary N) is 1. The lowest BCUT2D eigenvalue weighted by atomic mass is 10.2. The predicted octanol–water partition coefficient (Wildman–Crippen LogP) is 0.419. The van der Waals surface area contributed by atoms with E-state index < -0.39 is 36.1 Å². The van der Waals surface area contributed by atoms with Crippen LogP contribution < -0.4 is 5.32 Å². The summed E-state index contributed by atoms with van der Waals surface area (Å²) in [5, 5.41) is 2.39. The van der Waals surface area contributed by atoms with Gasteiger partial charge in [-0.15, -0.1) is 6.58 Å². The molecule has 7 nitrogen and oxygen atoms in total. The molecule has 0 aliphatic carbocycles. The summed E-state index contributed by atoms with van der Waals surface area (Å²) >= 11 is 0. The van der Waals surface area contributed by atoms with E-state index in [1.54, 1.807) is 6.07 Å². The first-order chi connectivity index (χ1) is 11.0. The zero-order valence-electron chi connectivity index (χ0n) is 12.1. The summed E-state index contributed by atoms with van der Waals surface area (Å²) in [7, 11) is 0. The first-order valence-electron chi connectivity index (χ1n) is 6.74. The fraction of sp³-hybridized carbons (Fsp3) is 0.200. The second kappa shape index (κ2) is 6.82. The summed E-state index contributed by atoms with van der Waals surface area (Å²) in [4.78, 5) is 48.3. The van der Waals surface area contributed by atoms with Crippen LogP contribution in [0.15, 0.2) is 36.9 Å². The van der Waals surface area contributed by atoms with E-state index in [9.17, 15) is 23.6 Å². The van der Waals surface area contributed by atoms with Gasteiger partial charge >= 0.3 is 17.8 Å². The highest BCUT2D eigenvalue weighted by Crippen LogP contribution is 2.11. The topological polar surface area (TPSA) is 86.8 Å². The van der Waals surface area contributed by atoms with Crippen LogP contribution in [0.2, 0.25) is 0 Å². The first-order valence-corrected chi connectivity index (χ1v) is 6.74. The molecule has 8 heteroatoms. The Kier molecular flexibility index (Phi) is 4.85. The van der Waals surface area contributed by atoms with Gasteiger partial charge in [-0.2, -0.15) is 0 Å². The third-order valence-corrected chi connectivity index (χ3v) is 3.18. The molecule has 5 amide bonds. The minimum atomic E-state index is -1.07. The van der Waals surface area contributed by atoms with Crippen LogP contribution in [0.1, 0.15) is 5.56 Å². The molecule has 0 bridgehead atoms. The van der Waals surface area contributed by atoms with Crippen LogP contribution in [0.25, 0.3) is 0 Å². The fourth-order valence-corrected chi connectivity index (χ4v) is 2.01. The van der Waals surface area contributed by atoms with Crippen LogP contribution in [0.3, 0.4) is 0 Å². The monoisotopic (exact) mass is 319 g/mol. The van der Waals surface area contributed by atoms with Gasteiger partial charge in [0.15, 0.2) is 0 Å². The number of benzene rings is 1.